The van der Waals surface area contributed by atoms with Gasteiger partial charge in [0.2, 0.25) is 17.6 Å². The van der Waals surface area contributed by atoms with Crippen molar-refractivity contribution < 1.29 is 14.4 Å². The Labute approximate surface area is 173 Å². The summed E-state index contributed by atoms with van der Waals surface area (Å²) < 4.78 is 10.5. The van der Waals surface area contributed by atoms with Gasteiger partial charge in [-0.25, -0.2) is 0 Å². The fourth-order valence-electron chi connectivity index (χ4n) is 2.78. The third-order valence-electron chi connectivity index (χ3n) is 4.52. The van der Waals surface area contributed by atoms with Crippen LogP contribution in [0.25, 0.3) is 0 Å². The molecule has 0 amide bonds. The highest BCUT2D eigenvalue weighted by Crippen LogP contribution is 2.36. The normalized spacial score (nSPS) is 10.4. The van der Waals surface area contributed by atoms with Crippen LogP contribution in [0.5, 0.6) is 11.5 Å². The van der Waals surface area contributed by atoms with Gasteiger partial charge < -0.3 is 25.8 Å². The maximum Gasteiger partial charge on any atom is 0.353 e. The van der Waals surface area contributed by atoms with E-state index in [1.807, 2.05) is 32.0 Å². The quantitative estimate of drug-likeness (QED) is 0.388. The summed E-state index contributed by atoms with van der Waals surface area (Å²) in [4.78, 5) is 19.3. The van der Waals surface area contributed by atoms with Crippen molar-refractivity contribution in [3.63, 3.8) is 0 Å². The van der Waals surface area contributed by atoms with E-state index in [0.717, 1.165) is 16.8 Å². The number of hydrogen-bond acceptors (Lipinski definition) is 9. The highest BCUT2D eigenvalue weighted by atomic mass is 16.6. The van der Waals surface area contributed by atoms with Crippen LogP contribution < -0.4 is 25.8 Å². The third kappa shape index (κ3) is 4.32. The van der Waals surface area contributed by atoms with Crippen LogP contribution >= 0.6 is 0 Å². The van der Waals surface area contributed by atoms with Crippen molar-refractivity contribution >= 4 is 34.6 Å². The Kier molecular flexibility index (Phi) is 5.86. The minimum atomic E-state index is -0.635. The fraction of sp³-hybridized carbons (Fsp3) is 0.200. The Bertz CT molecular complexity index is 1100. The lowest BCUT2D eigenvalue weighted by Gasteiger charge is -2.14. The van der Waals surface area contributed by atoms with Crippen LogP contribution in [0.3, 0.4) is 0 Å². The van der Waals surface area contributed by atoms with Crippen LogP contribution in [-0.2, 0) is 0 Å². The summed E-state index contributed by atoms with van der Waals surface area (Å²) in [6, 6.07) is 10.8. The lowest BCUT2D eigenvalue weighted by Crippen LogP contribution is -2.09. The smallest absolute Gasteiger partial charge is 0.353 e. The second-order valence-electron chi connectivity index (χ2n) is 6.50. The fourth-order valence-corrected chi connectivity index (χ4v) is 2.78. The summed E-state index contributed by atoms with van der Waals surface area (Å²) in [5, 5.41) is 17.5. The molecule has 10 nitrogen and oxygen atoms in total. The Balaban J connectivity index is 2.04. The molecule has 4 N–H and O–H groups in total. The Hall–Kier alpha value is -4.08. The molecule has 0 saturated heterocycles. The van der Waals surface area contributed by atoms with Crippen LogP contribution in [0.1, 0.15) is 11.1 Å². The molecule has 1 aromatic heterocycles. The molecule has 156 valence electrons. The van der Waals surface area contributed by atoms with Gasteiger partial charge in [0.05, 0.1) is 24.8 Å². The van der Waals surface area contributed by atoms with Gasteiger partial charge in [-0.05, 0) is 49.2 Å². The van der Waals surface area contributed by atoms with Crippen molar-refractivity contribution in [1.82, 2.24) is 9.97 Å². The van der Waals surface area contributed by atoms with Gasteiger partial charge in [0.15, 0.2) is 0 Å². The van der Waals surface area contributed by atoms with E-state index in [1.54, 1.807) is 18.2 Å². The van der Waals surface area contributed by atoms with E-state index in [4.69, 9.17) is 15.2 Å². The van der Waals surface area contributed by atoms with Gasteiger partial charge in [-0.15, -0.1) is 0 Å². The molecule has 3 rings (SSSR count). The number of hydrogen-bond donors (Lipinski definition) is 3. The van der Waals surface area contributed by atoms with Crippen LogP contribution in [0.4, 0.5) is 34.6 Å². The number of nitrogen functional groups attached to an aromatic ring is 1. The van der Waals surface area contributed by atoms with E-state index >= 15 is 0 Å². The molecule has 0 unspecified atom stereocenters. The number of nitrogens with zero attached hydrogens (tertiary/aromatic N) is 3. The summed E-state index contributed by atoms with van der Waals surface area (Å²) in [7, 11) is 3.00. The monoisotopic (exact) mass is 410 g/mol. The van der Waals surface area contributed by atoms with Crippen LogP contribution in [-0.4, -0.2) is 29.1 Å². The number of aromatic nitrogens is 2. The van der Waals surface area contributed by atoms with E-state index in [1.165, 1.54) is 14.2 Å². The average Bonchev–Trinajstić information content (AvgIpc) is 2.70. The van der Waals surface area contributed by atoms with Crippen molar-refractivity contribution in [2.75, 3.05) is 30.6 Å². The second-order valence-corrected chi connectivity index (χ2v) is 6.50. The molecular weight excluding hydrogens is 388 g/mol. The van der Waals surface area contributed by atoms with E-state index in [-0.39, 0.29) is 17.6 Å². The van der Waals surface area contributed by atoms with E-state index in [2.05, 4.69) is 20.6 Å². The van der Waals surface area contributed by atoms with Crippen LogP contribution in [0.2, 0.25) is 0 Å². The first-order valence-electron chi connectivity index (χ1n) is 8.97. The minimum absolute atomic E-state index is 0.0783. The summed E-state index contributed by atoms with van der Waals surface area (Å²) >= 11 is 0. The topological polar surface area (TPSA) is 137 Å². The molecule has 0 bridgehead atoms. The zero-order valence-corrected chi connectivity index (χ0v) is 17.0. The highest BCUT2D eigenvalue weighted by molar-refractivity contribution is 5.77. The number of anilines is 5. The number of rotatable bonds is 7. The van der Waals surface area contributed by atoms with E-state index in [9.17, 15) is 10.1 Å². The molecule has 0 aliphatic heterocycles. The molecule has 3 aromatic rings. The van der Waals surface area contributed by atoms with Gasteiger partial charge in [-0.1, -0.05) is 6.07 Å². The molecule has 2 aromatic carbocycles. The van der Waals surface area contributed by atoms with Gasteiger partial charge >= 0.3 is 5.69 Å². The molecule has 0 radical (unpaired) electrons. The molecule has 1 heterocycles. The Morgan fingerprint density at radius 3 is 2.40 bits per heavy atom. The maximum atomic E-state index is 11.6. The average molecular weight is 410 g/mol. The number of nitrogens with one attached hydrogen (secondary N) is 2. The van der Waals surface area contributed by atoms with E-state index in [0.29, 0.717) is 17.2 Å². The van der Waals surface area contributed by atoms with Crippen LogP contribution in [0.15, 0.2) is 36.4 Å². The molecule has 0 saturated carbocycles. The van der Waals surface area contributed by atoms with Crippen molar-refractivity contribution in [3.8, 4) is 11.5 Å². The third-order valence-corrected chi connectivity index (χ3v) is 4.52. The number of benzene rings is 2. The molecule has 0 atom stereocenters. The standard InChI is InChI=1S/C20H22N6O4/c1-11-5-6-13(9-12(11)2)22-20-24-18(21)17(26(27)28)19(25-20)23-15-10-14(29-3)7-8-16(15)30-4/h5-10H,1-4H3,(H4,21,22,23,24,25). The SMILES string of the molecule is COc1ccc(OC)c(Nc2nc(Nc3ccc(C)c(C)c3)nc(N)c2[N+](=O)[O-])c1. The first kappa shape index (κ1) is 20.6. The minimum Gasteiger partial charge on any atom is -0.497 e. The summed E-state index contributed by atoms with van der Waals surface area (Å²) in [5.41, 5.74) is 8.82. The Morgan fingerprint density at radius 1 is 1.00 bits per heavy atom. The van der Waals surface area contributed by atoms with Gasteiger partial charge in [-0.2, -0.15) is 9.97 Å². The molecule has 0 aliphatic rings. The van der Waals surface area contributed by atoms with Crippen molar-refractivity contribution in [2.45, 2.75) is 13.8 Å². The van der Waals surface area contributed by atoms with E-state index < -0.39 is 10.6 Å². The lowest BCUT2D eigenvalue weighted by atomic mass is 10.1. The number of methoxy groups -OCH3 is 2. The van der Waals surface area contributed by atoms with Crippen molar-refractivity contribution in [2.24, 2.45) is 0 Å². The Morgan fingerprint density at radius 2 is 1.77 bits per heavy atom. The zero-order chi connectivity index (χ0) is 21.8. The molecule has 30 heavy (non-hydrogen) atoms. The molecular formula is C20H22N6O4. The first-order chi connectivity index (χ1) is 14.3. The molecule has 0 fully saturated rings. The number of ether oxygens (including phenoxy) is 2. The first-order valence-corrected chi connectivity index (χ1v) is 8.97. The number of nitrogens with two attached hydrogens (primary N) is 1. The predicted octanol–water partition coefficient (Wildman–Crippen LogP) is 4.09. The number of aryl methyl sites for hydroxylation is 2. The van der Waals surface area contributed by atoms with Gasteiger partial charge in [0.25, 0.3) is 0 Å². The van der Waals surface area contributed by atoms with Gasteiger partial charge in [0.1, 0.15) is 11.5 Å². The highest BCUT2D eigenvalue weighted by Gasteiger charge is 2.24. The zero-order valence-electron chi connectivity index (χ0n) is 17.0. The summed E-state index contributed by atoms with van der Waals surface area (Å²) in [6.07, 6.45) is 0. The largest absolute Gasteiger partial charge is 0.497 e. The van der Waals surface area contributed by atoms with Crippen molar-refractivity contribution in [3.05, 3.63) is 57.6 Å². The van der Waals surface area contributed by atoms with Gasteiger partial charge in [-0.3, -0.25) is 10.1 Å². The molecule has 0 aliphatic carbocycles. The summed E-state index contributed by atoms with van der Waals surface area (Å²) in [6.45, 7) is 3.98. The molecule has 10 heteroatoms. The summed E-state index contributed by atoms with van der Waals surface area (Å²) in [5.74, 6) is 0.754. The molecule has 0 spiro atoms. The number of nitro groups is 1. The lowest BCUT2D eigenvalue weighted by molar-refractivity contribution is -0.383. The maximum absolute atomic E-state index is 11.6. The predicted molar refractivity (Wildman–Crippen MR) is 115 cm³/mol. The van der Waals surface area contributed by atoms with Crippen molar-refractivity contribution in [1.29, 1.82) is 0 Å². The van der Waals surface area contributed by atoms with Crippen LogP contribution in [0, 0.1) is 24.0 Å². The second kappa shape index (κ2) is 8.52. The van der Waals surface area contributed by atoms with Gasteiger partial charge in [0, 0.05) is 11.8 Å².